The van der Waals surface area contributed by atoms with Crippen LogP contribution < -0.4 is 10.1 Å². The summed E-state index contributed by atoms with van der Waals surface area (Å²) in [5.41, 5.74) is -0.262. The fourth-order valence-electron chi connectivity index (χ4n) is 3.01. The molecule has 0 saturated heterocycles. The maximum absolute atomic E-state index is 12.7. The average Bonchev–Trinajstić information content (AvgIpc) is 2.64. The van der Waals surface area contributed by atoms with Crippen molar-refractivity contribution in [3.63, 3.8) is 0 Å². The van der Waals surface area contributed by atoms with Gasteiger partial charge < -0.3 is 15.2 Å². The third kappa shape index (κ3) is 3.45. The number of hydrogen-bond donors (Lipinski definition) is 2. The maximum atomic E-state index is 12.7. The number of non-ortho nitro benzene ring substituents is 1. The molecule has 2 N–H and O–H groups in total. The fraction of sp³-hybridized carbons (Fsp3) is 0.263. The summed E-state index contributed by atoms with van der Waals surface area (Å²) in [5.74, 6) is -0.123. The molecule has 1 aliphatic rings. The molecule has 1 heterocycles. The van der Waals surface area contributed by atoms with Gasteiger partial charge in [0.25, 0.3) is 11.6 Å². The van der Waals surface area contributed by atoms with Gasteiger partial charge in [0, 0.05) is 23.3 Å². The second-order valence-corrected chi connectivity index (χ2v) is 6.77. The Bertz CT molecular complexity index is 964. The number of fused-ring (bicyclic) bond motifs is 1. The number of nitro groups is 1. The van der Waals surface area contributed by atoms with Crippen molar-refractivity contribution < 1.29 is 19.6 Å². The topological polar surface area (TPSA) is 125 Å². The molecular weight excluding hydrogens is 350 g/mol. The maximum Gasteiger partial charge on any atom is 0.270 e. The molecule has 0 aliphatic carbocycles. The van der Waals surface area contributed by atoms with Crippen LogP contribution in [0.4, 0.5) is 5.69 Å². The highest BCUT2D eigenvalue weighted by Gasteiger charge is 2.43. The van der Waals surface area contributed by atoms with E-state index in [2.05, 4.69) is 5.32 Å². The first kappa shape index (κ1) is 18.4. The molecule has 0 unspecified atom stereocenters. The summed E-state index contributed by atoms with van der Waals surface area (Å²) < 4.78 is 5.80. The molecule has 0 fully saturated rings. The van der Waals surface area contributed by atoms with E-state index in [4.69, 9.17) is 10.00 Å². The highest BCUT2D eigenvalue weighted by Crippen LogP contribution is 2.40. The molecule has 1 amide bonds. The first-order valence-corrected chi connectivity index (χ1v) is 8.19. The molecule has 8 heteroatoms. The predicted molar refractivity (Wildman–Crippen MR) is 95.2 cm³/mol. The van der Waals surface area contributed by atoms with E-state index in [0.29, 0.717) is 16.9 Å². The molecule has 138 valence electrons. The summed E-state index contributed by atoms with van der Waals surface area (Å²) in [7, 11) is 0. The number of nitrogens with zero attached hydrogens (tertiary/aromatic N) is 2. The molecule has 0 saturated carbocycles. The summed E-state index contributed by atoms with van der Waals surface area (Å²) in [6, 6.07) is 11.2. The Morgan fingerprint density at radius 2 is 2.07 bits per heavy atom. The van der Waals surface area contributed by atoms with Crippen LogP contribution in [0.1, 0.15) is 41.4 Å². The van der Waals surface area contributed by atoms with Crippen molar-refractivity contribution in [3.8, 4) is 11.8 Å². The molecule has 27 heavy (non-hydrogen) atoms. The third-order valence-electron chi connectivity index (χ3n) is 4.48. The molecule has 0 spiro atoms. The van der Waals surface area contributed by atoms with Gasteiger partial charge in [-0.05, 0) is 38.1 Å². The Balaban J connectivity index is 1.98. The van der Waals surface area contributed by atoms with Crippen LogP contribution in [0, 0.1) is 21.4 Å². The first-order chi connectivity index (χ1) is 12.7. The lowest BCUT2D eigenvalue weighted by Gasteiger charge is -2.42. The van der Waals surface area contributed by atoms with Gasteiger partial charge in [0.15, 0.2) is 0 Å². The first-order valence-electron chi connectivity index (χ1n) is 8.19. The van der Waals surface area contributed by atoms with Gasteiger partial charge in [-0.25, -0.2) is 0 Å². The quantitative estimate of drug-likeness (QED) is 0.634. The van der Waals surface area contributed by atoms with Crippen molar-refractivity contribution in [1.82, 2.24) is 5.32 Å². The molecule has 2 aromatic rings. The van der Waals surface area contributed by atoms with Gasteiger partial charge in [-0.2, -0.15) is 5.26 Å². The summed E-state index contributed by atoms with van der Waals surface area (Å²) in [5, 5.41) is 33.5. The molecule has 2 aromatic carbocycles. The fourth-order valence-corrected chi connectivity index (χ4v) is 3.01. The number of nitro benzene ring substituents is 1. The molecule has 0 aromatic heterocycles. The van der Waals surface area contributed by atoms with Gasteiger partial charge in [-0.15, -0.1) is 0 Å². The van der Waals surface area contributed by atoms with E-state index in [1.54, 1.807) is 32.0 Å². The van der Waals surface area contributed by atoms with Gasteiger partial charge in [0.05, 0.1) is 22.6 Å². The zero-order chi connectivity index (χ0) is 19.8. The molecule has 8 nitrogen and oxygen atoms in total. The number of amides is 1. The Morgan fingerprint density at radius 3 is 2.74 bits per heavy atom. The van der Waals surface area contributed by atoms with Crippen LogP contribution in [0.3, 0.4) is 0 Å². The highest BCUT2D eigenvalue weighted by atomic mass is 16.6. The average molecular weight is 367 g/mol. The summed E-state index contributed by atoms with van der Waals surface area (Å²) in [6.07, 6.45) is -1.10. The summed E-state index contributed by atoms with van der Waals surface area (Å²) in [6.45, 7) is 3.37. The van der Waals surface area contributed by atoms with Crippen molar-refractivity contribution in [2.75, 3.05) is 0 Å². The SMILES string of the molecule is CC1(C)Oc2ccc(C#N)cc2[C@H](NC(=O)c2cccc([N+](=O)[O-])c2)[C@H]1O. The smallest absolute Gasteiger partial charge is 0.270 e. The minimum absolute atomic E-state index is 0.0960. The Labute approximate surface area is 155 Å². The Morgan fingerprint density at radius 1 is 1.33 bits per heavy atom. The number of benzene rings is 2. The number of hydrogen-bond acceptors (Lipinski definition) is 6. The van der Waals surface area contributed by atoms with E-state index in [0.717, 1.165) is 0 Å². The van der Waals surface area contributed by atoms with E-state index in [1.165, 1.54) is 24.3 Å². The van der Waals surface area contributed by atoms with Crippen LogP contribution in [0.5, 0.6) is 5.75 Å². The molecule has 0 radical (unpaired) electrons. The van der Waals surface area contributed by atoms with Crippen molar-refractivity contribution in [1.29, 1.82) is 5.26 Å². The second-order valence-electron chi connectivity index (χ2n) is 6.77. The normalized spacial score (nSPS) is 19.9. The number of aliphatic hydroxyl groups excluding tert-OH is 1. The molecule has 1 aliphatic heterocycles. The monoisotopic (exact) mass is 367 g/mol. The summed E-state index contributed by atoms with van der Waals surface area (Å²) in [4.78, 5) is 23.0. The number of carbonyl (C=O) groups is 1. The van der Waals surface area contributed by atoms with E-state index < -0.39 is 28.6 Å². The standard InChI is InChI=1S/C19H17N3O5/c1-19(2)17(23)16(14-8-11(10-20)6-7-15(14)27-19)21-18(24)12-4-3-5-13(9-12)22(25)26/h3-9,16-17,23H,1-2H3,(H,21,24)/t16-,17+/m0/s1. The Hall–Kier alpha value is -3.44. The zero-order valence-corrected chi connectivity index (χ0v) is 14.7. The van der Waals surface area contributed by atoms with Crippen molar-refractivity contribution in [2.24, 2.45) is 0 Å². The molecule has 0 bridgehead atoms. The highest BCUT2D eigenvalue weighted by molar-refractivity contribution is 5.95. The van der Waals surface area contributed by atoms with E-state index >= 15 is 0 Å². The number of aliphatic hydroxyl groups is 1. The zero-order valence-electron chi connectivity index (χ0n) is 14.7. The lowest BCUT2D eigenvalue weighted by Crippen LogP contribution is -2.53. The van der Waals surface area contributed by atoms with Crippen LogP contribution in [-0.4, -0.2) is 27.6 Å². The van der Waals surface area contributed by atoms with Gasteiger partial charge in [-0.3, -0.25) is 14.9 Å². The van der Waals surface area contributed by atoms with Gasteiger partial charge in [0.1, 0.15) is 17.5 Å². The Kier molecular flexibility index (Phi) is 4.56. The largest absolute Gasteiger partial charge is 0.485 e. The minimum atomic E-state index is -1.10. The van der Waals surface area contributed by atoms with Crippen molar-refractivity contribution in [2.45, 2.75) is 31.6 Å². The van der Waals surface area contributed by atoms with E-state index in [9.17, 15) is 20.0 Å². The number of rotatable bonds is 3. The predicted octanol–water partition coefficient (Wildman–Crippen LogP) is 2.47. The van der Waals surface area contributed by atoms with Crippen LogP contribution in [0.2, 0.25) is 0 Å². The van der Waals surface area contributed by atoms with Gasteiger partial charge >= 0.3 is 0 Å². The van der Waals surface area contributed by atoms with Crippen LogP contribution in [0.25, 0.3) is 0 Å². The molecule has 2 atom stereocenters. The number of ether oxygens (including phenoxy) is 1. The lowest BCUT2D eigenvalue weighted by molar-refractivity contribution is -0.384. The van der Waals surface area contributed by atoms with E-state index in [1.807, 2.05) is 6.07 Å². The van der Waals surface area contributed by atoms with Crippen LogP contribution in [0.15, 0.2) is 42.5 Å². The van der Waals surface area contributed by atoms with Crippen LogP contribution >= 0.6 is 0 Å². The number of nitriles is 1. The molecule has 3 rings (SSSR count). The van der Waals surface area contributed by atoms with Gasteiger partial charge in [0.2, 0.25) is 0 Å². The second kappa shape index (κ2) is 6.70. The number of carbonyl (C=O) groups excluding carboxylic acids is 1. The summed E-state index contributed by atoms with van der Waals surface area (Å²) >= 11 is 0. The minimum Gasteiger partial charge on any atom is -0.485 e. The third-order valence-corrected chi connectivity index (χ3v) is 4.48. The van der Waals surface area contributed by atoms with Crippen molar-refractivity contribution in [3.05, 3.63) is 69.3 Å². The van der Waals surface area contributed by atoms with Gasteiger partial charge in [-0.1, -0.05) is 6.07 Å². The molecular formula is C19H17N3O5. The number of nitrogens with one attached hydrogen (secondary N) is 1. The van der Waals surface area contributed by atoms with Crippen LogP contribution in [-0.2, 0) is 0 Å². The van der Waals surface area contributed by atoms with E-state index in [-0.39, 0.29) is 11.3 Å². The lowest BCUT2D eigenvalue weighted by atomic mass is 9.85. The van der Waals surface area contributed by atoms with Crippen molar-refractivity contribution >= 4 is 11.6 Å².